The van der Waals surface area contributed by atoms with Crippen molar-refractivity contribution in [2.75, 3.05) is 6.61 Å². The van der Waals surface area contributed by atoms with Crippen molar-refractivity contribution in [2.24, 2.45) is 7.05 Å². The van der Waals surface area contributed by atoms with Crippen LogP contribution in [0.25, 0.3) is 11.2 Å². The van der Waals surface area contributed by atoms with Crippen LogP contribution in [0.5, 0.6) is 5.75 Å². The number of aromatic nitrogens is 4. The van der Waals surface area contributed by atoms with Crippen molar-refractivity contribution in [1.29, 1.82) is 0 Å². The Hall–Kier alpha value is -2.39. The van der Waals surface area contributed by atoms with Crippen LogP contribution in [0, 0.1) is 6.92 Å². The molecule has 0 aliphatic heterocycles. The topological polar surface area (TPSA) is 102 Å². The minimum Gasteiger partial charge on any atom is -0.491 e. The van der Waals surface area contributed by atoms with Gasteiger partial charge in [0.2, 0.25) is 0 Å². The van der Waals surface area contributed by atoms with Gasteiger partial charge in [-0.05, 0) is 34.5 Å². The second-order valence-electron chi connectivity index (χ2n) is 5.71. The number of ether oxygens (including phenoxy) is 1. The zero-order valence-electron chi connectivity index (χ0n) is 13.7. The largest absolute Gasteiger partial charge is 0.491 e. The minimum absolute atomic E-state index is 0.0562. The van der Waals surface area contributed by atoms with Crippen molar-refractivity contribution in [3.8, 4) is 5.75 Å². The lowest BCUT2D eigenvalue weighted by Gasteiger charge is -2.15. The number of benzene rings is 1. The molecule has 0 aliphatic rings. The third kappa shape index (κ3) is 3.38. The molecule has 2 heterocycles. The molecule has 2 N–H and O–H groups in total. The summed E-state index contributed by atoms with van der Waals surface area (Å²) in [6.07, 6.45) is -0.870. The molecule has 0 bridgehead atoms. The second-order valence-corrected chi connectivity index (χ2v) is 6.42. The van der Waals surface area contributed by atoms with Gasteiger partial charge in [-0.1, -0.05) is 18.2 Å². The number of aliphatic hydroxyl groups is 1. The Kier molecular flexibility index (Phi) is 4.78. The lowest BCUT2D eigenvalue weighted by atomic mass is 10.2. The number of nitrogens with zero attached hydrogens (tertiary/aromatic N) is 3. The van der Waals surface area contributed by atoms with E-state index in [1.165, 1.54) is 16.2 Å². The van der Waals surface area contributed by atoms with Gasteiger partial charge in [0.1, 0.15) is 18.5 Å². The first-order chi connectivity index (χ1) is 11.9. The number of fused-ring (bicyclic) bond motifs is 1. The number of halogens is 1. The maximum absolute atomic E-state index is 12.1. The molecule has 0 unspecified atom stereocenters. The van der Waals surface area contributed by atoms with Crippen molar-refractivity contribution >= 4 is 27.1 Å². The lowest BCUT2D eigenvalue weighted by Crippen LogP contribution is -2.30. The summed E-state index contributed by atoms with van der Waals surface area (Å²) >= 11 is 3.27. The third-order valence-corrected chi connectivity index (χ3v) is 4.48. The first kappa shape index (κ1) is 17.4. The van der Waals surface area contributed by atoms with E-state index in [0.717, 1.165) is 5.56 Å². The van der Waals surface area contributed by atoms with Crippen molar-refractivity contribution in [3.05, 3.63) is 55.4 Å². The fourth-order valence-electron chi connectivity index (χ4n) is 2.54. The summed E-state index contributed by atoms with van der Waals surface area (Å²) in [4.78, 5) is 30.2. The number of aryl methyl sites for hydroxylation is 2. The molecule has 3 aromatic rings. The molecule has 0 amide bonds. The molecular weight excluding hydrogens is 392 g/mol. The highest BCUT2D eigenvalue weighted by atomic mass is 79.9. The van der Waals surface area contributed by atoms with Crippen LogP contribution in [0.1, 0.15) is 5.56 Å². The van der Waals surface area contributed by atoms with Crippen molar-refractivity contribution in [3.63, 3.8) is 0 Å². The lowest BCUT2D eigenvalue weighted by molar-refractivity contribution is 0.0925. The van der Waals surface area contributed by atoms with E-state index >= 15 is 0 Å². The summed E-state index contributed by atoms with van der Waals surface area (Å²) in [5.74, 6) is 0.691. The van der Waals surface area contributed by atoms with Gasteiger partial charge < -0.3 is 14.4 Å². The fraction of sp³-hybridized carbons (Fsp3) is 0.312. The summed E-state index contributed by atoms with van der Waals surface area (Å²) in [7, 11) is 1.52. The van der Waals surface area contributed by atoms with Crippen LogP contribution in [0.15, 0.2) is 38.6 Å². The van der Waals surface area contributed by atoms with Gasteiger partial charge in [-0.25, -0.2) is 9.78 Å². The molecule has 0 saturated carbocycles. The van der Waals surface area contributed by atoms with Crippen LogP contribution in [0.2, 0.25) is 0 Å². The molecule has 0 radical (unpaired) electrons. The van der Waals surface area contributed by atoms with E-state index < -0.39 is 17.4 Å². The van der Waals surface area contributed by atoms with Crippen molar-refractivity contribution in [2.45, 2.75) is 19.6 Å². The Labute approximate surface area is 150 Å². The number of H-pyrrole nitrogens is 1. The minimum atomic E-state index is -0.870. The zero-order valence-corrected chi connectivity index (χ0v) is 15.3. The SMILES string of the molecule is Cc1ccccc1OC[C@@H](O)Cn1c(Br)nc2c1c(=O)[nH]c(=O)n2C. The Morgan fingerprint density at radius 3 is 2.80 bits per heavy atom. The molecule has 1 aromatic carbocycles. The molecule has 0 aliphatic carbocycles. The fourth-order valence-corrected chi connectivity index (χ4v) is 3.03. The predicted molar refractivity (Wildman–Crippen MR) is 96.0 cm³/mol. The standard InChI is InChI=1S/C16H17BrN4O4/c1-9-5-3-4-6-11(9)25-8-10(22)7-21-12-13(18-15(21)17)20(2)16(24)19-14(12)23/h3-6,10,22H,7-8H2,1-2H3,(H,19,23,24)/t10-/m0/s1. The quantitative estimate of drug-likeness (QED) is 0.611. The van der Waals surface area contributed by atoms with Gasteiger partial charge in [-0.3, -0.25) is 14.3 Å². The van der Waals surface area contributed by atoms with Gasteiger partial charge in [0, 0.05) is 7.05 Å². The second kappa shape index (κ2) is 6.85. The molecule has 9 heteroatoms. The van der Waals surface area contributed by atoms with Gasteiger partial charge in [0.15, 0.2) is 15.9 Å². The highest BCUT2D eigenvalue weighted by molar-refractivity contribution is 9.10. The highest BCUT2D eigenvalue weighted by Gasteiger charge is 2.18. The third-order valence-electron chi connectivity index (χ3n) is 3.88. The molecule has 3 rings (SSSR count). The molecule has 0 saturated heterocycles. The normalized spacial score (nSPS) is 12.5. The summed E-state index contributed by atoms with van der Waals surface area (Å²) < 4.78 is 8.74. The molecule has 25 heavy (non-hydrogen) atoms. The first-order valence-electron chi connectivity index (χ1n) is 7.60. The molecule has 1 atom stereocenters. The molecule has 8 nitrogen and oxygen atoms in total. The maximum atomic E-state index is 12.1. The van der Waals surface area contributed by atoms with Gasteiger partial charge >= 0.3 is 5.69 Å². The summed E-state index contributed by atoms with van der Waals surface area (Å²) in [5, 5.41) is 10.3. The van der Waals surface area contributed by atoms with Crippen LogP contribution in [0.4, 0.5) is 0 Å². The Morgan fingerprint density at radius 2 is 2.08 bits per heavy atom. The number of para-hydroxylation sites is 1. The maximum Gasteiger partial charge on any atom is 0.329 e. The van der Waals surface area contributed by atoms with Crippen LogP contribution in [-0.2, 0) is 13.6 Å². The summed E-state index contributed by atoms with van der Waals surface area (Å²) in [6.45, 7) is 2.06. The average Bonchev–Trinajstić information content (AvgIpc) is 2.89. The van der Waals surface area contributed by atoms with E-state index in [1.807, 2.05) is 31.2 Å². The van der Waals surface area contributed by atoms with E-state index in [-0.39, 0.29) is 24.3 Å². The number of nitrogens with one attached hydrogen (secondary N) is 1. The Morgan fingerprint density at radius 1 is 1.36 bits per heavy atom. The first-order valence-corrected chi connectivity index (χ1v) is 8.39. The van der Waals surface area contributed by atoms with Gasteiger partial charge in [-0.2, -0.15) is 0 Å². The van der Waals surface area contributed by atoms with Crippen LogP contribution < -0.4 is 16.0 Å². The van der Waals surface area contributed by atoms with E-state index in [9.17, 15) is 14.7 Å². The van der Waals surface area contributed by atoms with Gasteiger partial charge in [-0.15, -0.1) is 0 Å². The van der Waals surface area contributed by atoms with Crippen LogP contribution >= 0.6 is 15.9 Å². The highest BCUT2D eigenvalue weighted by Crippen LogP contribution is 2.18. The number of imidazole rings is 1. The number of aliphatic hydroxyl groups excluding tert-OH is 1. The monoisotopic (exact) mass is 408 g/mol. The molecule has 132 valence electrons. The van der Waals surface area contributed by atoms with E-state index in [1.54, 1.807) is 0 Å². The summed E-state index contributed by atoms with van der Waals surface area (Å²) in [6, 6.07) is 7.51. The van der Waals surface area contributed by atoms with Gasteiger partial charge in [0.25, 0.3) is 5.56 Å². The Balaban J connectivity index is 1.84. The number of rotatable bonds is 5. The van der Waals surface area contributed by atoms with Crippen molar-refractivity contribution < 1.29 is 9.84 Å². The van der Waals surface area contributed by atoms with Crippen molar-refractivity contribution in [1.82, 2.24) is 19.1 Å². The zero-order chi connectivity index (χ0) is 18.1. The predicted octanol–water partition coefficient (Wildman–Crippen LogP) is 0.934. The average molecular weight is 409 g/mol. The van der Waals surface area contributed by atoms with E-state index in [2.05, 4.69) is 25.9 Å². The van der Waals surface area contributed by atoms with Crippen LogP contribution in [-0.4, -0.2) is 36.9 Å². The number of aromatic amines is 1. The van der Waals surface area contributed by atoms with Crippen LogP contribution in [0.3, 0.4) is 0 Å². The number of hydrogen-bond acceptors (Lipinski definition) is 5. The molecule has 0 fully saturated rings. The molecule has 2 aromatic heterocycles. The summed E-state index contributed by atoms with van der Waals surface area (Å²) in [5.41, 5.74) is 0.327. The number of hydrogen-bond donors (Lipinski definition) is 2. The van der Waals surface area contributed by atoms with E-state index in [0.29, 0.717) is 10.5 Å². The Bertz CT molecular complexity index is 1040. The van der Waals surface area contributed by atoms with Gasteiger partial charge in [0.05, 0.1) is 6.54 Å². The smallest absolute Gasteiger partial charge is 0.329 e. The van der Waals surface area contributed by atoms with E-state index in [4.69, 9.17) is 4.74 Å². The molecule has 0 spiro atoms. The molecular formula is C16H17BrN4O4.